The Morgan fingerprint density at radius 1 is 1.22 bits per heavy atom. The number of halogens is 1. The second-order valence-corrected chi connectivity index (χ2v) is 1.00. The van der Waals surface area contributed by atoms with Gasteiger partial charge in [0.2, 0.25) is 0 Å². The second kappa shape index (κ2) is 15.9. The topological polar surface area (TPSA) is 0 Å². The fourth-order valence-corrected chi connectivity index (χ4v) is 0.340. The summed E-state index contributed by atoms with van der Waals surface area (Å²) in [5.74, 6) is 0. The van der Waals surface area contributed by atoms with Crippen LogP contribution in [0, 0.1) is 20.9 Å². The van der Waals surface area contributed by atoms with Crippen molar-refractivity contribution in [1.29, 1.82) is 0 Å². The van der Waals surface area contributed by atoms with Crippen LogP contribution in [0.25, 0.3) is 0 Å². The van der Waals surface area contributed by atoms with E-state index >= 15 is 0 Å². The van der Waals surface area contributed by atoms with Gasteiger partial charge in [-0.3, -0.25) is 6.08 Å². The fourth-order valence-electron chi connectivity index (χ4n) is 0.340. The Hall–Kier alpha value is 0.640. The summed E-state index contributed by atoms with van der Waals surface area (Å²) < 4.78 is 0. The van der Waals surface area contributed by atoms with Gasteiger partial charge in [0.15, 0.2) is 0 Å². The van der Waals surface area contributed by atoms with Crippen LogP contribution in [-0.4, -0.2) is 0 Å². The number of hydrogen-bond donors (Lipinski definition) is 0. The van der Waals surface area contributed by atoms with Gasteiger partial charge < -0.3 is 27.3 Å². The zero-order valence-electron chi connectivity index (χ0n) is 5.82. The van der Waals surface area contributed by atoms with Crippen molar-refractivity contribution < 1.29 is 38.3 Å². The Labute approximate surface area is 83.6 Å². The molecule has 0 bridgehead atoms. The molecule has 0 N–H and O–H groups in total. The minimum atomic E-state index is 0. The molecule has 0 nitrogen and oxygen atoms in total. The van der Waals surface area contributed by atoms with Gasteiger partial charge in [-0.2, -0.15) is 6.08 Å². The van der Waals surface area contributed by atoms with Gasteiger partial charge in [0.05, 0.1) is 0 Å². The van der Waals surface area contributed by atoms with Gasteiger partial charge in [0.1, 0.15) is 0 Å². The largest absolute Gasteiger partial charge is 4.00 e. The van der Waals surface area contributed by atoms with E-state index in [1.54, 1.807) is 0 Å². The molecule has 0 amide bonds. The van der Waals surface area contributed by atoms with Crippen molar-refractivity contribution in [1.82, 2.24) is 0 Å². The first-order valence-electron chi connectivity index (χ1n) is 1.72. The van der Waals surface area contributed by atoms with Crippen molar-refractivity contribution in [2.24, 2.45) is 0 Å². The van der Waals surface area contributed by atoms with Crippen molar-refractivity contribution >= 4 is 0 Å². The van der Waals surface area contributed by atoms with E-state index in [1.165, 1.54) is 0 Å². The molecule has 2 heteroatoms. The van der Waals surface area contributed by atoms with E-state index < -0.39 is 0 Å². The van der Waals surface area contributed by atoms with E-state index in [-0.39, 0.29) is 53.1 Å². The molecule has 0 aromatic carbocycles. The molecule has 0 heterocycles. The Morgan fingerprint density at radius 2 is 1.78 bits per heavy atom. The number of hydrogen-bond acceptors (Lipinski definition) is 0. The van der Waals surface area contributed by atoms with Crippen LogP contribution in [0.4, 0.5) is 0 Å². The van der Waals surface area contributed by atoms with Gasteiger partial charge in [-0.05, 0) is 0 Å². The molecule has 0 saturated heterocycles. The zero-order valence-corrected chi connectivity index (χ0v) is 10.2. The normalized spacial score (nSPS) is 9.78. The number of rotatable bonds is 0. The molecule has 0 radical (unpaired) electrons. The average Bonchev–Trinajstić information content (AvgIpc) is 1.76. The van der Waals surface area contributed by atoms with Crippen molar-refractivity contribution in [3.8, 4) is 0 Å². The van der Waals surface area contributed by atoms with Crippen LogP contribution in [0.3, 0.4) is 0 Å². The maximum absolute atomic E-state index is 2.99. The summed E-state index contributed by atoms with van der Waals surface area (Å²) in [5.41, 5.74) is 0. The van der Waals surface area contributed by atoms with E-state index in [4.69, 9.17) is 0 Å². The van der Waals surface area contributed by atoms with E-state index in [0.717, 1.165) is 6.42 Å². The summed E-state index contributed by atoms with van der Waals surface area (Å²) in [5, 5.41) is 0. The van der Waals surface area contributed by atoms with Gasteiger partial charge in [-0.1, -0.05) is 0 Å². The van der Waals surface area contributed by atoms with Gasteiger partial charge in [-0.15, -0.1) is 6.42 Å². The molecule has 0 aromatic rings. The third-order valence-electron chi connectivity index (χ3n) is 0.586. The molecule has 1 rings (SSSR count). The predicted molar refractivity (Wildman–Crippen MR) is 34.4 cm³/mol. The molecular weight excluding hydrogens is 298 g/mol. The molecule has 0 atom stereocenters. The summed E-state index contributed by atoms with van der Waals surface area (Å²) in [4.78, 5) is 0. The molecule has 0 spiro atoms. The molecule has 9 heavy (non-hydrogen) atoms. The van der Waals surface area contributed by atoms with Gasteiger partial charge in [0, 0.05) is 0 Å². The standard InChI is InChI=1S/C5H5.2CH3.ClH.Hf/c1-2-4-5-3-1;;;;/h1-3H,4H2;2*1H3;1H;/q3*-1;;+4/p-1. The average molecular weight is 309 g/mol. The molecule has 0 unspecified atom stereocenters. The summed E-state index contributed by atoms with van der Waals surface area (Å²) in [6.07, 6.45) is 10.0. The first-order chi connectivity index (χ1) is 2.50. The zero-order chi connectivity index (χ0) is 3.54. The second-order valence-electron chi connectivity index (χ2n) is 1.00. The third-order valence-corrected chi connectivity index (χ3v) is 0.586. The van der Waals surface area contributed by atoms with Crippen LogP contribution < -0.4 is 12.4 Å². The van der Waals surface area contributed by atoms with Crippen molar-refractivity contribution in [2.75, 3.05) is 0 Å². The van der Waals surface area contributed by atoms with Gasteiger partial charge in [-0.25, -0.2) is 12.2 Å². The van der Waals surface area contributed by atoms with Crippen LogP contribution >= 0.6 is 0 Å². The van der Waals surface area contributed by atoms with Crippen LogP contribution in [0.1, 0.15) is 6.42 Å². The first-order valence-corrected chi connectivity index (χ1v) is 1.72. The molecule has 1 aliphatic carbocycles. The van der Waals surface area contributed by atoms with E-state index in [2.05, 4.69) is 12.2 Å². The maximum atomic E-state index is 2.99. The molecule has 1 aliphatic rings. The summed E-state index contributed by atoms with van der Waals surface area (Å²) in [7, 11) is 0. The van der Waals surface area contributed by atoms with Crippen LogP contribution in [0.15, 0.2) is 18.2 Å². The Balaban J connectivity index is -0.0000000312. The van der Waals surface area contributed by atoms with E-state index in [0.29, 0.717) is 0 Å². The SMILES string of the molecule is [C-]1=CC=CC1.[CH3-].[CH3-].[Cl-].[Hf+4]. The smallest absolute Gasteiger partial charge is 1.00 e. The summed E-state index contributed by atoms with van der Waals surface area (Å²) in [6.45, 7) is 0. The Morgan fingerprint density at radius 3 is 1.89 bits per heavy atom. The molecule has 50 valence electrons. The minimum Gasteiger partial charge on any atom is -1.00 e. The van der Waals surface area contributed by atoms with Gasteiger partial charge in [0.25, 0.3) is 0 Å². The quantitative estimate of drug-likeness (QED) is 0.406. The minimum absolute atomic E-state index is 0. The molecule has 0 aliphatic heterocycles. The summed E-state index contributed by atoms with van der Waals surface area (Å²) in [6, 6.07) is 0. The molecule has 0 saturated carbocycles. The van der Waals surface area contributed by atoms with Crippen LogP contribution in [0.5, 0.6) is 0 Å². The van der Waals surface area contributed by atoms with Crippen molar-refractivity contribution in [3.05, 3.63) is 39.2 Å². The van der Waals surface area contributed by atoms with Gasteiger partial charge >= 0.3 is 25.8 Å². The van der Waals surface area contributed by atoms with Crippen LogP contribution in [0.2, 0.25) is 0 Å². The first kappa shape index (κ1) is 22.6. The monoisotopic (exact) mass is 310 g/mol. The van der Waals surface area contributed by atoms with E-state index in [1.807, 2.05) is 12.2 Å². The maximum Gasteiger partial charge on any atom is 4.00 e. The van der Waals surface area contributed by atoms with E-state index in [9.17, 15) is 0 Å². The number of allylic oxidation sites excluding steroid dienone is 4. The Kier molecular flexibility index (Phi) is 39.9. The molecule has 0 aromatic heterocycles. The fraction of sp³-hybridized carbons (Fsp3) is 0.143. The Bertz CT molecular complexity index is 67.0. The van der Waals surface area contributed by atoms with Crippen LogP contribution in [-0.2, 0) is 25.8 Å². The van der Waals surface area contributed by atoms with Crippen molar-refractivity contribution in [3.63, 3.8) is 0 Å². The third kappa shape index (κ3) is 12.0. The molecular formula is C7H11ClHf. The molecule has 0 fully saturated rings. The summed E-state index contributed by atoms with van der Waals surface area (Å²) >= 11 is 0. The predicted octanol–water partition coefficient (Wildman–Crippen LogP) is -0.792. The van der Waals surface area contributed by atoms with Crippen molar-refractivity contribution in [2.45, 2.75) is 6.42 Å².